The molecular formula is C18H31ClN2. The summed E-state index contributed by atoms with van der Waals surface area (Å²) in [5, 5.41) is 4.39. The lowest BCUT2D eigenvalue weighted by molar-refractivity contribution is 0.424. The number of anilines is 1. The van der Waals surface area contributed by atoms with Gasteiger partial charge in [-0.25, -0.2) is 0 Å². The van der Waals surface area contributed by atoms with Gasteiger partial charge in [-0.15, -0.1) is 0 Å². The van der Waals surface area contributed by atoms with E-state index >= 15 is 0 Å². The largest absolute Gasteiger partial charge is 0.371 e. The molecule has 1 aromatic rings. The van der Waals surface area contributed by atoms with Crippen LogP contribution in [0.3, 0.4) is 0 Å². The highest BCUT2D eigenvalue weighted by molar-refractivity contribution is 6.30. The quantitative estimate of drug-likeness (QED) is 0.753. The third-order valence-corrected chi connectivity index (χ3v) is 4.04. The van der Waals surface area contributed by atoms with E-state index in [9.17, 15) is 0 Å². The average Bonchev–Trinajstić information content (AvgIpc) is 2.42. The third-order valence-electron chi connectivity index (χ3n) is 3.81. The molecule has 0 bridgehead atoms. The highest BCUT2D eigenvalue weighted by Gasteiger charge is 2.15. The Morgan fingerprint density at radius 2 is 1.90 bits per heavy atom. The normalized spacial score (nSPS) is 13.3. The summed E-state index contributed by atoms with van der Waals surface area (Å²) in [5.74, 6) is 0.687. The van der Waals surface area contributed by atoms with Crippen molar-refractivity contribution in [2.45, 2.75) is 60.0 Å². The van der Waals surface area contributed by atoms with Crippen LogP contribution in [0, 0.1) is 5.92 Å². The van der Waals surface area contributed by atoms with Gasteiger partial charge in [0, 0.05) is 35.9 Å². The van der Waals surface area contributed by atoms with Crippen LogP contribution in [0.2, 0.25) is 5.02 Å². The maximum absolute atomic E-state index is 6.23. The zero-order valence-electron chi connectivity index (χ0n) is 14.5. The van der Waals surface area contributed by atoms with Gasteiger partial charge < -0.3 is 10.2 Å². The number of hydrogen-bond donors (Lipinski definition) is 1. The fraction of sp³-hybridized carbons (Fsp3) is 0.667. The van der Waals surface area contributed by atoms with Crippen LogP contribution in [0.4, 0.5) is 5.69 Å². The van der Waals surface area contributed by atoms with Crippen LogP contribution in [-0.4, -0.2) is 18.6 Å². The number of benzene rings is 1. The zero-order valence-corrected chi connectivity index (χ0v) is 15.2. The molecule has 0 spiro atoms. The van der Waals surface area contributed by atoms with Crippen LogP contribution in [-0.2, 0) is 6.54 Å². The number of halogens is 1. The first-order valence-corrected chi connectivity index (χ1v) is 8.43. The molecule has 1 rings (SSSR count). The van der Waals surface area contributed by atoms with Crippen LogP contribution in [0.5, 0.6) is 0 Å². The second kappa shape index (κ2) is 8.05. The molecule has 0 radical (unpaired) electrons. The highest BCUT2D eigenvalue weighted by atomic mass is 35.5. The van der Waals surface area contributed by atoms with Crippen molar-refractivity contribution in [3.63, 3.8) is 0 Å². The molecule has 120 valence electrons. The fourth-order valence-electron chi connectivity index (χ4n) is 2.24. The van der Waals surface area contributed by atoms with Gasteiger partial charge in [-0.1, -0.05) is 37.9 Å². The molecule has 0 fully saturated rings. The van der Waals surface area contributed by atoms with Crippen LogP contribution in [0.1, 0.15) is 53.5 Å². The molecule has 0 heterocycles. The monoisotopic (exact) mass is 310 g/mol. The van der Waals surface area contributed by atoms with Crippen LogP contribution < -0.4 is 10.2 Å². The number of rotatable bonds is 7. The van der Waals surface area contributed by atoms with E-state index in [1.807, 2.05) is 6.07 Å². The van der Waals surface area contributed by atoms with Crippen molar-refractivity contribution in [3.05, 3.63) is 28.8 Å². The minimum Gasteiger partial charge on any atom is -0.371 e. The summed E-state index contributed by atoms with van der Waals surface area (Å²) in [6.07, 6.45) is 1.20. The Bertz CT molecular complexity index is 437. The summed E-state index contributed by atoms with van der Waals surface area (Å²) in [6, 6.07) is 6.24. The third kappa shape index (κ3) is 6.27. The summed E-state index contributed by atoms with van der Waals surface area (Å²) in [6.45, 7) is 16.3. The van der Waals surface area contributed by atoms with E-state index in [1.165, 1.54) is 17.7 Å². The first-order chi connectivity index (χ1) is 9.76. The molecular weight excluding hydrogens is 280 g/mol. The molecule has 0 aliphatic heterocycles. The molecule has 21 heavy (non-hydrogen) atoms. The highest BCUT2D eigenvalue weighted by Crippen LogP contribution is 2.26. The van der Waals surface area contributed by atoms with Crippen molar-refractivity contribution in [2.24, 2.45) is 5.92 Å². The first-order valence-electron chi connectivity index (χ1n) is 8.05. The minimum absolute atomic E-state index is 0.116. The Morgan fingerprint density at radius 3 is 2.43 bits per heavy atom. The van der Waals surface area contributed by atoms with Gasteiger partial charge in [-0.05, 0) is 51.3 Å². The Balaban J connectivity index is 2.98. The van der Waals surface area contributed by atoms with Crippen molar-refractivity contribution in [1.82, 2.24) is 5.32 Å². The maximum Gasteiger partial charge on any atom is 0.0426 e. The van der Waals surface area contributed by atoms with Gasteiger partial charge in [0.05, 0.1) is 0 Å². The molecule has 1 aromatic carbocycles. The fourth-order valence-corrected chi connectivity index (χ4v) is 2.41. The minimum atomic E-state index is 0.116. The molecule has 1 unspecified atom stereocenters. The first kappa shape index (κ1) is 18.3. The zero-order chi connectivity index (χ0) is 16.0. The Hall–Kier alpha value is -0.730. The second-order valence-electron chi connectivity index (χ2n) is 6.93. The molecule has 2 nitrogen and oxygen atoms in total. The van der Waals surface area contributed by atoms with E-state index < -0.39 is 0 Å². The van der Waals surface area contributed by atoms with Gasteiger partial charge in [0.1, 0.15) is 0 Å². The molecule has 0 aromatic heterocycles. The number of nitrogens with zero attached hydrogens (tertiary/aromatic N) is 1. The molecule has 0 amide bonds. The van der Waals surface area contributed by atoms with E-state index in [4.69, 9.17) is 11.6 Å². The van der Waals surface area contributed by atoms with Gasteiger partial charge in [0.15, 0.2) is 0 Å². The second-order valence-corrected chi connectivity index (χ2v) is 7.37. The molecule has 3 heteroatoms. The predicted octanol–water partition coefficient (Wildman–Crippen LogP) is 5.10. The smallest absolute Gasteiger partial charge is 0.0426 e. The standard InChI is InChI=1S/C18H31ClN2/c1-7-14(3)13-21(8-2)17-11-16(19)10-9-15(17)12-20-18(4,5)6/h9-11,14,20H,7-8,12-13H2,1-6H3. The van der Waals surface area contributed by atoms with Gasteiger partial charge >= 0.3 is 0 Å². The van der Waals surface area contributed by atoms with Crippen molar-refractivity contribution in [3.8, 4) is 0 Å². The van der Waals surface area contributed by atoms with Gasteiger partial charge in [0.2, 0.25) is 0 Å². The van der Waals surface area contributed by atoms with Crippen molar-refractivity contribution < 1.29 is 0 Å². The van der Waals surface area contributed by atoms with Gasteiger partial charge in [-0.3, -0.25) is 0 Å². The number of hydrogen-bond acceptors (Lipinski definition) is 2. The molecule has 0 aliphatic rings. The van der Waals surface area contributed by atoms with Crippen LogP contribution >= 0.6 is 11.6 Å². The van der Waals surface area contributed by atoms with E-state index in [1.54, 1.807) is 0 Å². The summed E-state index contributed by atoms with van der Waals surface area (Å²) >= 11 is 6.23. The average molecular weight is 311 g/mol. The Kier molecular flexibility index (Phi) is 7.02. The summed E-state index contributed by atoms with van der Waals surface area (Å²) in [5.41, 5.74) is 2.70. The van der Waals surface area contributed by atoms with E-state index in [2.05, 4.69) is 63.9 Å². The number of nitrogens with one attached hydrogen (secondary N) is 1. The topological polar surface area (TPSA) is 15.3 Å². The summed E-state index contributed by atoms with van der Waals surface area (Å²) < 4.78 is 0. The molecule has 0 saturated carbocycles. The van der Waals surface area contributed by atoms with E-state index in [-0.39, 0.29) is 5.54 Å². The lowest BCUT2D eigenvalue weighted by atomic mass is 10.0. The van der Waals surface area contributed by atoms with Crippen molar-refractivity contribution in [2.75, 3.05) is 18.0 Å². The summed E-state index contributed by atoms with van der Waals surface area (Å²) in [4.78, 5) is 2.44. The van der Waals surface area contributed by atoms with Crippen molar-refractivity contribution in [1.29, 1.82) is 0 Å². The Morgan fingerprint density at radius 1 is 1.24 bits per heavy atom. The van der Waals surface area contributed by atoms with Gasteiger partial charge in [-0.2, -0.15) is 0 Å². The Labute approximate surface area is 135 Å². The summed E-state index contributed by atoms with van der Waals surface area (Å²) in [7, 11) is 0. The van der Waals surface area contributed by atoms with Crippen LogP contribution in [0.15, 0.2) is 18.2 Å². The molecule has 1 atom stereocenters. The lowest BCUT2D eigenvalue weighted by Crippen LogP contribution is -2.36. The SMILES string of the molecule is CCC(C)CN(CC)c1cc(Cl)ccc1CNC(C)(C)C. The molecule has 0 saturated heterocycles. The van der Waals surface area contributed by atoms with Crippen molar-refractivity contribution >= 4 is 17.3 Å². The lowest BCUT2D eigenvalue weighted by Gasteiger charge is -2.30. The van der Waals surface area contributed by atoms with Crippen LogP contribution in [0.25, 0.3) is 0 Å². The van der Waals surface area contributed by atoms with Gasteiger partial charge in [0.25, 0.3) is 0 Å². The maximum atomic E-state index is 6.23. The predicted molar refractivity (Wildman–Crippen MR) is 95.4 cm³/mol. The van der Waals surface area contributed by atoms with E-state index in [0.29, 0.717) is 5.92 Å². The molecule has 1 N–H and O–H groups in total. The van der Waals surface area contributed by atoms with E-state index in [0.717, 1.165) is 24.7 Å². The molecule has 0 aliphatic carbocycles.